The number of carbonyl (C=O) groups is 1. The second-order valence-corrected chi connectivity index (χ2v) is 4.91. The van der Waals surface area contributed by atoms with E-state index in [1.807, 2.05) is 30.3 Å². The van der Waals surface area contributed by atoms with Crippen molar-refractivity contribution in [1.29, 1.82) is 0 Å². The Kier molecular flexibility index (Phi) is 7.66. The highest BCUT2D eigenvalue weighted by Crippen LogP contribution is 2.05. The molecule has 0 atom stereocenters. The Bertz CT molecular complexity index is 352. The highest BCUT2D eigenvalue weighted by Gasteiger charge is 2.01. The molecule has 0 saturated carbocycles. The SMILES string of the molecule is CC(C)CCNCCCOC(=O)Nc1ccccc1. The predicted molar refractivity (Wildman–Crippen MR) is 78.4 cm³/mol. The number of nitrogens with one attached hydrogen (secondary N) is 2. The van der Waals surface area contributed by atoms with E-state index in [1.165, 1.54) is 6.42 Å². The van der Waals surface area contributed by atoms with E-state index in [4.69, 9.17) is 4.74 Å². The third-order valence-corrected chi connectivity index (χ3v) is 2.65. The van der Waals surface area contributed by atoms with Crippen molar-refractivity contribution in [3.63, 3.8) is 0 Å². The molecule has 0 fully saturated rings. The van der Waals surface area contributed by atoms with E-state index < -0.39 is 6.09 Å². The predicted octanol–water partition coefficient (Wildman–Crippen LogP) is 3.26. The molecule has 1 aromatic rings. The molecule has 106 valence electrons. The molecule has 1 amide bonds. The lowest BCUT2D eigenvalue weighted by atomic mass is 10.1. The fraction of sp³-hybridized carbons (Fsp3) is 0.533. The Labute approximate surface area is 115 Å². The summed E-state index contributed by atoms with van der Waals surface area (Å²) >= 11 is 0. The maximum Gasteiger partial charge on any atom is 0.411 e. The fourth-order valence-electron chi connectivity index (χ4n) is 1.55. The van der Waals surface area contributed by atoms with Crippen LogP contribution in [0.5, 0.6) is 0 Å². The van der Waals surface area contributed by atoms with Gasteiger partial charge >= 0.3 is 6.09 Å². The first kappa shape index (κ1) is 15.5. The standard InChI is InChI=1S/C15H24N2O2/c1-13(2)9-11-16-10-6-12-19-15(18)17-14-7-4-3-5-8-14/h3-5,7-8,13,16H,6,9-12H2,1-2H3,(H,17,18). The molecule has 0 aliphatic carbocycles. The van der Waals surface area contributed by atoms with Gasteiger partial charge in [-0.2, -0.15) is 0 Å². The number of para-hydroxylation sites is 1. The molecule has 1 aromatic carbocycles. The molecule has 4 nitrogen and oxygen atoms in total. The van der Waals surface area contributed by atoms with E-state index in [0.29, 0.717) is 6.61 Å². The summed E-state index contributed by atoms with van der Waals surface area (Å²) < 4.78 is 5.08. The zero-order valence-electron chi connectivity index (χ0n) is 11.8. The molecule has 0 saturated heterocycles. The molecule has 0 aromatic heterocycles. The Morgan fingerprint density at radius 1 is 1.21 bits per heavy atom. The van der Waals surface area contributed by atoms with Crippen LogP contribution < -0.4 is 10.6 Å². The summed E-state index contributed by atoms with van der Waals surface area (Å²) in [5.74, 6) is 0.723. The first-order valence-corrected chi connectivity index (χ1v) is 6.88. The van der Waals surface area contributed by atoms with E-state index in [2.05, 4.69) is 24.5 Å². The van der Waals surface area contributed by atoms with Crippen LogP contribution >= 0.6 is 0 Å². The molecule has 0 heterocycles. The average molecular weight is 264 g/mol. The molecule has 0 aliphatic rings. The van der Waals surface area contributed by atoms with Gasteiger partial charge < -0.3 is 10.1 Å². The van der Waals surface area contributed by atoms with E-state index in [1.54, 1.807) is 0 Å². The van der Waals surface area contributed by atoms with E-state index in [-0.39, 0.29) is 0 Å². The molecule has 2 N–H and O–H groups in total. The first-order valence-electron chi connectivity index (χ1n) is 6.88. The lowest BCUT2D eigenvalue weighted by Gasteiger charge is -2.08. The third kappa shape index (κ3) is 8.21. The van der Waals surface area contributed by atoms with Crippen LogP contribution in [0.25, 0.3) is 0 Å². The summed E-state index contributed by atoms with van der Waals surface area (Å²) in [6.45, 7) is 6.75. The van der Waals surface area contributed by atoms with Gasteiger partial charge in [-0.15, -0.1) is 0 Å². The number of anilines is 1. The Hall–Kier alpha value is -1.55. The van der Waals surface area contributed by atoms with Gasteiger partial charge in [-0.25, -0.2) is 4.79 Å². The van der Waals surface area contributed by atoms with Crippen molar-refractivity contribution < 1.29 is 9.53 Å². The van der Waals surface area contributed by atoms with Crippen molar-refractivity contribution in [2.45, 2.75) is 26.7 Å². The fourth-order valence-corrected chi connectivity index (χ4v) is 1.55. The van der Waals surface area contributed by atoms with Gasteiger partial charge in [0.25, 0.3) is 0 Å². The summed E-state index contributed by atoms with van der Waals surface area (Å²) in [5.41, 5.74) is 0.752. The quantitative estimate of drug-likeness (QED) is 0.709. The van der Waals surface area contributed by atoms with Gasteiger partial charge in [0, 0.05) is 5.69 Å². The van der Waals surface area contributed by atoms with Gasteiger partial charge in [0.1, 0.15) is 0 Å². The number of hydrogen-bond donors (Lipinski definition) is 2. The largest absolute Gasteiger partial charge is 0.449 e. The molecule has 0 spiro atoms. The molecular weight excluding hydrogens is 240 g/mol. The van der Waals surface area contributed by atoms with Gasteiger partial charge in [0.2, 0.25) is 0 Å². The van der Waals surface area contributed by atoms with Gasteiger partial charge in [0.15, 0.2) is 0 Å². The van der Waals surface area contributed by atoms with Crippen molar-refractivity contribution in [3.05, 3.63) is 30.3 Å². The van der Waals surface area contributed by atoms with Crippen LogP contribution in [0.15, 0.2) is 30.3 Å². The molecule has 0 unspecified atom stereocenters. The number of rotatable bonds is 8. The minimum atomic E-state index is -0.395. The molecule has 1 rings (SSSR count). The second-order valence-electron chi connectivity index (χ2n) is 4.91. The van der Waals surface area contributed by atoms with Crippen LogP contribution in [0.4, 0.5) is 10.5 Å². The molecule has 0 aliphatic heterocycles. The summed E-state index contributed by atoms with van der Waals surface area (Å²) in [7, 11) is 0. The summed E-state index contributed by atoms with van der Waals surface area (Å²) in [5, 5.41) is 6.01. The maximum atomic E-state index is 11.4. The number of benzene rings is 1. The lowest BCUT2D eigenvalue weighted by molar-refractivity contribution is 0.160. The number of carbonyl (C=O) groups excluding carboxylic acids is 1. The smallest absolute Gasteiger partial charge is 0.411 e. The summed E-state index contributed by atoms with van der Waals surface area (Å²) in [6.07, 6.45) is 1.61. The normalized spacial score (nSPS) is 10.5. The minimum absolute atomic E-state index is 0.395. The van der Waals surface area contributed by atoms with Gasteiger partial charge in [0.05, 0.1) is 6.61 Å². The lowest BCUT2D eigenvalue weighted by Crippen LogP contribution is -2.21. The van der Waals surface area contributed by atoms with Crippen LogP contribution in [0, 0.1) is 5.92 Å². The van der Waals surface area contributed by atoms with Gasteiger partial charge in [-0.3, -0.25) is 5.32 Å². The highest BCUT2D eigenvalue weighted by atomic mass is 16.5. The summed E-state index contributed by atoms with van der Waals surface area (Å²) in [4.78, 5) is 11.4. The average Bonchev–Trinajstić information content (AvgIpc) is 2.38. The van der Waals surface area contributed by atoms with Gasteiger partial charge in [-0.05, 0) is 44.0 Å². The van der Waals surface area contributed by atoms with Crippen molar-refractivity contribution in [2.75, 3.05) is 25.0 Å². The van der Waals surface area contributed by atoms with E-state index in [0.717, 1.165) is 31.1 Å². The highest BCUT2D eigenvalue weighted by molar-refractivity contribution is 5.84. The monoisotopic (exact) mass is 264 g/mol. The number of amides is 1. The molecule has 0 radical (unpaired) electrons. The first-order chi connectivity index (χ1) is 9.18. The Morgan fingerprint density at radius 2 is 1.95 bits per heavy atom. The Balaban J connectivity index is 1.99. The summed E-state index contributed by atoms with van der Waals surface area (Å²) in [6, 6.07) is 9.30. The zero-order valence-corrected chi connectivity index (χ0v) is 11.8. The van der Waals surface area contributed by atoms with E-state index in [9.17, 15) is 4.79 Å². The zero-order chi connectivity index (χ0) is 13.9. The van der Waals surface area contributed by atoms with Crippen LogP contribution in [-0.4, -0.2) is 25.8 Å². The number of hydrogen-bond acceptors (Lipinski definition) is 3. The van der Waals surface area contributed by atoms with Crippen molar-refractivity contribution >= 4 is 11.8 Å². The van der Waals surface area contributed by atoms with Crippen molar-refractivity contribution in [1.82, 2.24) is 5.32 Å². The van der Waals surface area contributed by atoms with Gasteiger partial charge in [-0.1, -0.05) is 32.0 Å². The number of ether oxygens (including phenoxy) is 1. The second kappa shape index (κ2) is 9.39. The van der Waals surface area contributed by atoms with E-state index >= 15 is 0 Å². The Morgan fingerprint density at radius 3 is 2.63 bits per heavy atom. The topological polar surface area (TPSA) is 50.4 Å². The van der Waals surface area contributed by atoms with Crippen LogP contribution in [0.1, 0.15) is 26.7 Å². The molecule has 4 heteroatoms. The molecular formula is C15H24N2O2. The van der Waals surface area contributed by atoms with Crippen LogP contribution in [-0.2, 0) is 4.74 Å². The third-order valence-electron chi connectivity index (χ3n) is 2.65. The van der Waals surface area contributed by atoms with Crippen molar-refractivity contribution in [2.24, 2.45) is 5.92 Å². The molecule has 19 heavy (non-hydrogen) atoms. The van der Waals surface area contributed by atoms with Crippen LogP contribution in [0.3, 0.4) is 0 Å². The molecule has 0 bridgehead atoms. The van der Waals surface area contributed by atoms with Crippen LogP contribution in [0.2, 0.25) is 0 Å². The minimum Gasteiger partial charge on any atom is -0.449 e. The van der Waals surface area contributed by atoms with Crippen molar-refractivity contribution in [3.8, 4) is 0 Å². The maximum absolute atomic E-state index is 11.4.